The third-order valence-corrected chi connectivity index (χ3v) is 5.41. The van der Waals surface area contributed by atoms with Crippen molar-refractivity contribution < 1.29 is 4.79 Å². The summed E-state index contributed by atoms with van der Waals surface area (Å²) < 4.78 is 0. The quantitative estimate of drug-likeness (QED) is 0.599. The highest BCUT2D eigenvalue weighted by molar-refractivity contribution is 5.74. The van der Waals surface area contributed by atoms with E-state index in [1.165, 1.54) is 19.3 Å². The Balaban J connectivity index is 1.39. The number of amides is 1. The lowest BCUT2D eigenvalue weighted by molar-refractivity contribution is -0.117. The van der Waals surface area contributed by atoms with Crippen LogP contribution in [0.3, 0.4) is 0 Å². The number of piperidine rings is 1. The van der Waals surface area contributed by atoms with E-state index in [4.69, 9.17) is 5.73 Å². The molecule has 0 unspecified atom stereocenters. The summed E-state index contributed by atoms with van der Waals surface area (Å²) in [6.07, 6.45) is 10.2. The van der Waals surface area contributed by atoms with Gasteiger partial charge in [0.25, 0.3) is 0 Å². The van der Waals surface area contributed by atoms with Gasteiger partial charge >= 0.3 is 0 Å². The first-order valence-corrected chi connectivity index (χ1v) is 10.5. The first-order valence-electron chi connectivity index (χ1n) is 10.5. The molecule has 4 N–H and O–H groups in total. The molecule has 2 fully saturated rings. The van der Waals surface area contributed by atoms with Crippen molar-refractivity contribution in [3.63, 3.8) is 0 Å². The van der Waals surface area contributed by atoms with E-state index in [0.29, 0.717) is 18.4 Å². The summed E-state index contributed by atoms with van der Waals surface area (Å²) in [6, 6.07) is 4.08. The predicted molar refractivity (Wildman–Crippen MR) is 113 cm³/mol. The van der Waals surface area contributed by atoms with Gasteiger partial charge in [-0.15, -0.1) is 0 Å². The van der Waals surface area contributed by atoms with Crippen molar-refractivity contribution in [2.24, 2.45) is 5.73 Å². The summed E-state index contributed by atoms with van der Waals surface area (Å²) in [5.74, 6) is 1.48. The van der Waals surface area contributed by atoms with Crippen LogP contribution in [0.2, 0.25) is 0 Å². The Morgan fingerprint density at radius 3 is 2.66 bits per heavy atom. The first-order chi connectivity index (χ1) is 14.2. The minimum absolute atomic E-state index is 0.277. The van der Waals surface area contributed by atoms with Crippen LogP contribution in [0.25, 0.3) is 0 Å². The molecule has 2 aliphatic rings. The molecule has 1 saturated carbocycles. The molecule has 1 aliphatic carbocycles. The van der Waals surface area contributed by atoms with E-state index < -0.39 is 0 Å². The summed E-state index contributed by atoms with van der Waals surface area (Å²) >= 11 is 0. The highest BCUT2D eigenvalue weighted by Gasteiger charge is 2.27. The van der Waals surface area contributed by atoms with Gasteiger partial charge in [-0.1, -0.05) is 6.42 Å². The van der Waals surface area contributed by atoms with E-state index in [0.717, 1.165) is 55.2 Å². The van der Waals surface area contributed by atoms with Crippen molar-refractivity contribution in [2.45, 2.75) is 51.0 Å². The largest absolute Gasteiger partial charge is 0.370 e. The number of primary amides is 1. The van der Waals surface area contributed by atoms with Crippen LogP contribution in [0.1, 0.15) is 55.7 Å². The molecule has 3 heterocycles. The van der Waals surface area contributed by atoms with E-state index in [1.54, 1.807) is 0 Å². The van der Waals surface area contributed by atoms with Gasteiger partial charge in [-0.3, -0.25) is 14.7 Å². The van der Waals surface area contributed by atoms with Crippen LogP contribution in [0.5, 0.6) is 0 Å². The summed E-state index contributed by atoms with van der Waals surface area (Å²) in [7, 11) is 0. The zero-order chi connectivity index (χ0) is 20.1. The SMILES string of the molecule is NC(=O)CCNc1nc(Nc2ccc(CN3CCCCC3)nc2)ncc1C1CC1. The average molecular weight is 396 g/mol. The standard InChI is InChI=1S/C21H29N7O/c22-19(29)8-9-23-20-18(15-4-5-15)13-25-21(27-20)26-16-6-7-17(24-12-16)14-28-10-2-1-3-11-28/h6-7,12-13,15H,1-5,8-11,14H2,(H2,22,29)(H2,23,25,26,27). The Bertz CT molecular complexity index is 829. The molecule has 4 rings (SSSR count). The summed E-state index contributed by atoms with van der Waals surface area (Å²) in [6.45, 7) is 3.70. The fraction of sp³-hybridized carbons (Fsp3) is 0.524. The molecule has 0 aromatic carbocycles. The maximum Gasteiger partial charge on any atom is 0.229 e. The molecule has 0 bridgehead atoms. The number of carbonyl (C=O) groups excluding carboxylic acids is 1. The smallest absolute Gasteiger partial charge is 0.229 e. The van der Waals surface area contributed by atoms with Crippen molar-refractivity contribution in [2.75, 3.05) is 30.3 Å². The third kappa shape index (κ3) is 5.63. The second-order valence-corrected chi connectivity index (χ2v) is 7.91. The zero-order valence-electron chi connectivity index (χ0n) is 16.7. The van der Waals surface area contributed by atoms with Crippen LogP contribution in [-0.4, -0.2) is 45.4 Å². The molecule has 8 heteroatoms. The Hall–Kier alpha value is -2.74. The second-order valence-electron chi connectivity index (χ2n) is 7.91. The van der Waals surface area contributed by atoms with Crippen molar-refractivity contribution in [3.8, 4) is 0 Å². The van der Waals surface area contributed by atoms with Crippen LogP contribution in [0.4, 0.5) is 17.5 Å². The van der Waals surface area contributed by atoms with Crippen molar-refractivity contribution in [1.82, 2.24) is 19.9 Å². The van der Waals surface area contributed by atoms with Crippen LogP contribution >= 0.6 is 0 Å². The maximum absolute atomic E-state index is 11.0. The summed E-state index contributed by atoms with van der Waals surface area (Å²) in [5.41, 5.74) is 8.28. The molecule has 29 heavy (non-hydrogen) atoms. The van der Waals surface area contributed by atoms with E-state index in [1.807, 2.05) is 18.5 Å². The molecular weight excluding hydrogens is 366 g/mol. The zero-order valence-corrected chi connectivity index (χ0v) is 16.7. The van der Waals surface area contributed by atoms with Gasteiger partial charge < -0.3 is 16.4 Å². The van der Waals surface area contributed by atoms with Gasteiger partial charge in [-0.05, 0) is 56.8 Å². The number of nitrogens with zero attached hydrogens (tertiary/aromatic N) is 4. The summed E-state index contributed by atoms with van der Waals surface area (Å²) in [4.78, 5) is 27.1. The predicted octanol–water partition coefficient (Wildman–Crippen LogP) is 2.77. The van der Waals surface area contributed by atoms with Crippen LogP contribution in [0, 0.1) is 0 Å². The highest BCUT2D eigenvalue weighted by Crippen LogP contribution is 2.42. The number of nitrogens with one attached hydrogen (secondary N) is 2. The lowest BCUT2D eigenvalue weighted by atomic mass is 10.1. The molecule has 2 aromatic heterocycles. The fourth-order valence-electron chi connectivity index (χ4n) is 3.66. The molecule has 1 aliphatic heterocycles. The molecule has 2 aromatic rings. The topological polar surface area (TPSA) is 109 Å². The molecule has 1 saturated heterocycles. The maximum atomic E-state index is 11.0. The molecular formula is C21H29N7O. The number of rotatable bonds is 9. The minimum Gasteiger partial charge on any atom is -0.370 e. The number of hydrogen-bond acceptors (Lipinski definition) is 7. The van der Waals surface area contributed by atoms with Crippen LogP contribution in [0.15, 0.2) is 24.5 Å². The number of aromatic nitrogens is 3. The molecule has 0 radical (unpaired) electrons. The van der Waals surface area contributed by atoms with E-state index in [9.17, 15) is 4.79 Å². The van der Waals surface area contributed by atoms with Crippen molar-refractivity contribution >= 4 is 23.4 Å². The molecule has 8 nitrogen and oxygen atoms in total. The minimum atomic E-state index is -0.325. The number of carbonyl (C=O) groups is 1. The fourth-order valence-corrected chi connectivity index (χ4v) is 3.66. The molecule has 0 atom stereocenters. The number of pyridine rings is 1. The normalized spacial score (nSPS) is 17.1. The highest BCUT2D eigenvalue weighted by atomic mass is 16.1. The van der Waals surface area contributed by atoms with E-state index in [-0.39, 0.29) is 12.3 Å². The van der Waals surface area contributed by atoms with Crippen molar-refractivity contribution in [1.29, 1.82) is 0 Å². The van der Waals surface area contributed by atoms with E-state index >= 15 is 0 Å². The third-order valence-electron chi connectivity index (χ3n) is 5.41. The number of nitrogens with two attached hydrogens (primary N) is 1. The average Bonchev–Trinajstić information content (AvgIpc) is 3.55. The van der Waals surface area contributed by atoms with E-state index in [2.05, 4.69) is 36.6 Å². The van der Waals surface area contributed by atoms with Crippen molar-refractivity contribution in [3.05, 3.63) is 35.8 Å². The summed E-state index contributed by atoms with van der Waals surface area (Å²) in [5, 5.41) is 6.46. The number of hydrogen-bond donors (Lipinski definition) is 3. The Morgan fingerprint density at radius 2 is 1.97 bits per heavy atom. The van der Waals surface area contributed by atoms with Gasteiger partial charge in [-0.25, -0.2) is 4.98 Å². The van der Waals surface area contributed by atoms with Crippen LogP contribution < -0.4 is 16.4 Å². The van der Waals surface area contributed by atoms with Gasteiger partial charge in [-0.2, -0.15) is 4.98 Å². The van der Waals surface area contributed by atoms with Gasteiger partial charge in [0.2, 0.25) is 11.9 Å². The Kier molecular flexibility index (Phi) is 6.19. The molecule has 1 amide bonds. The van der Waals surface area contributed by atoms with Gasteiger partial charge in [0.05, 0.1) is 17.6 Å². The molecule has 154 valence electrons. The Labute approximate surface area is 171 Å². The van der Waals surface area contributed by atoms with Crippen LogP contribution in [-0.2, 0) is 11.3 Å². The number of likely N-dealkylation sites (tertiary alicyclic amines) is 1. The second kappa shape index (κ2) is 9.17. The Morgan fingerprint density at radius 1 is 1.14 bits per heavy atom. The van der Waals surface area contributed by atoms with Gasteiger partial charge in [0.15, 0.2) is 0 Å². The monoisotopic (exact) mass is 395 g/mol. The first kappa shape index (κ1) is 19.6. The van der Waals surface area contributed by atoms with Gasteiger partial charge in [0.1, 0.15) is 5.82 Å². The lowest BCUT2D eigenvalue weighted by Crippen LogP contribution is -2.29. The molecule has 0 spiro atoms. The van der Waals surface area contributed by atoms with Gasteiger partial charge in [0, 0.05) is 31.3 Å². The number of anilines is 3. The lowest BCUT2D eigenvalue weighted by Gasteiger charge is -2.25.